The summed E-state index contributed by atoms with van der Waals surface area (Å²) in [7, 11) is -1.32. The maximum absolute atomic E-state index is 12.3. The van der Waals surface area contributed by atoms with E-state index in [1.807, 2.05) is 12.1 Å². The summed E-state index contributed by atoms with van der Waals surface area (Å²) in [6, 6.07) is 21.1. The predicted octanol–water partition coefficient (Wildman–Crippen LogP) is 4.76. The van der Waals surface area contributed by atoms with Gasteiger partial charge in [-0.05, 0) is 34.2 Å². The summed E-state index contributed by atoms with van der Waals surface area (Å²) in [6.07, 6.45) is 6.58. The van der Waals surface area contributed by atoms with E-state index in [1.54, 1.807) is 0 Å². The van der Waals surface area contributed by atoms with Gasteiger partial charge in [0.25, 0.3) is 8.32 Å². The molecule has 0 spiro atoms. The van der Waals surface area contributed by atoms with Gasteiger partial charge in [-0.2, -0.15) is 0 Å². The highest BCUT2D eigenvalue weighted by Crippen LogP contribution is 2.39. The molecule has 0 radical (unpaired) electrons. The molecule has 0 saturated carbocycles. The number of benzene rings is 2. The second kappa shape index (κ2) is 10.3. The fraction of sp³-hybridized carbons (Fsp3) is 0.370. The molecule has 2 aromatic rings. The van der Waals surface area contributed by atoms with Gasteiger partial charge < -0.3 is 14.3 Å². The second-order valence-corrected chi connectivity index (χ2v) is 13.7. The summed E-state index contributed by atoms with van der Waals surface area (Å²) in [4.78, 5) is 12.3. The molecule has 3 rings (SSSR count). The first-order valence-electron chi connectivity index (χ1n) is 11.2. The molecule has 1 N–H and O–H groups in total. The van der Waals surface area contributed by atoms with E-state index in [2.05, 4.69) is 81.5 Å². The topological polar surface area (TPSA) is 55.8 Å². The van der Waals surface area contributed by atoms with E-state index in [4.69, 9.17) is 9.16 Å². The summed E-state index contributed by atoms with van der Waals surface area (Å²) in [5.74, 6) is -0.557. The largest absolute Gasteiger partial charge is 0.515 e. The van der Waals surface area contributed by atoms with Gasteiger partial charge in [0.15, 0.2) is 0 Å². The number of aliphatic hydroxyl groups excluding tert-OH is 1. The van der Waals surface area contributed by atoms with Gasteiger partial charge in [-0.1, -0.05) is 93.6 Å². The molecule has 32 heavy (non-hydrogen) atoms. The maximum Gasteiger partial charge on any atom is 0.337 e. The fourth-order valence-corrected chi connectivity index (χ4v) is 9.47. The van der Waals surface area contributed by atoms with Gasteiger partial charge in [0.1, 0.15) is 0 Å². The van der Waals surface area contributed by atoms with Gasteiger partial charge in [0, 0.05) is 12.5 Å². The number of aliphatic hydroxyl groups is 1. The first-order chi connectivity index (χ1) is 15.3. The van der Waals surface area contributed by atoms with Crippen LogP contribution in [0.4, 0.5) is 0 Å². The predicted molar refractivity (Wildman–Crippen MR) is 132 cm³/mol. The molecule has 0 amide bonds. The zero-order chi connectivity index (χ0) is 23.2. The van der Waals surface area contributed by atoms with Gasteiger partial charge in [-0.15, -0.1) is 0 Å². The van der Waals surface area contributed by atoms with Crippen LogP contribution in [0.2, 0.25) is 5.04 Å². The van der Waals surface area contributed by atoms with Gasteiger partial charge in [0.05, 0.1) is 18.9 Å². The van der Waals surface area contributed by atoms with Crippen LogP contribution in [0.3, 0.4) is 0 Å². The van der Waals surface area contributed by atoms with E-state index >= 15 is 0 Å². The Morgan fingerprint density at radius 1 is 1.00 bits per heavy atom. The Kier molecular flexibility index (Phi) is 7.75. The molecular formula is C27H34O4Si. The monoisotopic (exact) mass is 450 g/mol. The maximum atomic E-state index is 12.3. The summed E-state index contributed by atoms with van der Waals surface area (Å²) < 4.78 is 12.0. The number of hydrogen-bond acceptors (Lipinski definition) is 4. The minimum Gasteiger partial charge on any atom is -0.515 e. The molecule has 0 unspecified atom stereocenters. The fourth-order valence-electron chi connectivity index (χ4n) is 4.85. The molecule has 0 fully saturated rings. The highest BCUT2D eigenvalue weighted by molar-refractivity contribution is 6.99. The van der Waals surface area contributed by atoms with E-state index in [0.717, 1.165) is 12.7 Å². The quantitative estimate of drug-likeness (QED) is 0.217. The lowest BCUT2D eigenvalue weighted by Crippen LogP contribution is -2.67. The lowest BCUT2D eigenvalue weighted by atomic mass is 9.79. The van der Waals surface area contributed by atoms with Crippen LogP contribution in [0.1, 0.15) is 33.6 Å². The summed E-state index contributed by atoms with van der Waals surface area (Å²) in [6.45, 7) is 7.26. The number of carbonyl (C=O) groups is 1. The minimum atomic E-state index is -2.67. The number of hydrogen-bond donors (Lipinski definition) is 1. The highest BCUT2D eigenvalue weighted by Gasteiger charge is 2.50. The van der Waals surface area contributed by atoms with Crippen LogP contribution in [0.15, 0.2) is 84.7 Å². The smallest absolute Gasteiger partial charge is 0.337 e. The standard InChI is InChI=1S/C27H34O4Si/c1-27(2,3)32(22-14-7-5-8-15-22,23-16-9-6-10-17-23)31-20-21-13-11-12-18-24(21)25(19-28)26(29)30-4/h5-12,14-17,19,21,24,28H,13,18,20H2,1-4H3/b25-19-/t21-,24-/m1/s1. The number of esters is 1. The van der Waals surface area contributed by atoms with E-state index in [-0.39, 0.29) is 16.9 Å². The van der Waals surface area contributed by atoms with Crippen LogP contribution < -0.4 is 10.4 Å². The molecular weight excluding hydrogens is 416 g/mol. The lowest BCUT2D eigenvalue weighted by molar-refractivity contribution is -0.137. The third kappa shape index (κ3) is 4.74. The molecule has 0 heterocycles. The van der Waals surface area contributed by atoms with Gasteiger partial charge in [0.2, 0.25) is 0 Å². The molecule has 0 bridgehead atoms. The number of methoxy groups -OCH3 is 1. The van der Waals surface area contributed by atoms with E-state index in [9.17, 15) is 9.90 Å². The second-order valence-electron chi connectivity index (χ2n) is 9.36. The number of ether oxygens (including phenoxy) is 1. The molecule has 0 aliphatic heterocycles. The average molecular weight is 451 g/mol. The minimum absolute atomic E-state index is 0.0687. The van der Waals surface area contributed by atoms with Crippen molar-refractivity contribution >= 4 is 24.7 Å². The van der Waals surface area contributed by atoms with Crippen molar-refractivity contribution in [1.29, 1.82) is 0 Å². The first-order valence-corrected chi connectivity index (χ1v) is 13.1. The van der Waals surface area contributed by atoms with E-state index in [0.29, 0.717) is 18.6 Å². The molecule has 1 aliphatic carbocycles. The zero-order valence-electron chi connectivity index (χ0n) is 19.5. The zero-order valence-corrected chi connectivity index (χ0v) is 20.5. The Morgan fingerprint density at radius 3 is 2.00 bits per heavy atom. The molecule has 2 aromatic carbocycles. The third-order valence-corrected chi connectivity index (χ3v) is 11.5. The Bertz CT molecular complexity index is 905. The molecule has 170 valence electrons. The lowest BCUT2D eigenvalue weighted by Gasteiger charge is -2.44. The molecule has 2 atom stereocenters. The Morgan fingerprint density at radius 2 is 1.53 bits per heavy atom. The van der Waals surface area contributed by atoms with Crippen molar-refractivity contribution in [2.45, 2.75) is 38.7 Å². The van der Waals surface area contributed by atoms with Gasteiger partial charge in [-0.25, -0.2) is 4.79 Å². The normalized spacial score (nSPS) is 19.6. The number of carbonyl (C=O) groups excluding carboxylic acids is 1. The van der Waals surface area contributed by atoms with Crippen LogP contribution in [-0.2, 0) is 14.0 Å². The Labute approximate surface area is 192 Å². The Hall–Kier alpha value is -2.63. The van der Waals surface area contributed by atoms with Crippen molar-refractivity contribution in [3.05, 3.63) is 84.7 Å². The Balaban J connectivity index is 2.02. The molecule has 0 saturated heterocycles. The van der Waals surface area contributed by atoms with Crippen molar-refractivity contribution in [2.24, 2.45) is 11.8 Å². The van der Waals surface area contributed by atoms with Crippen LogP contribution in [0, 0.1) is 11.8 Å². The molecule has 5 heteroatoms. The number of allylic oxidation sites excluding steroid dienone is 2. The summed E-state index contributed by atoms with van der Waals surface area (Å²) >= 11 is 0. The summed E-state index contributed by atoms with van der Waals surface area (Å²) in [5, 5.41) is 12.1. The molecule has 0 aromatic heterocycles. The van der Waals surface area contributed by atoms with E-state index in [1.165, 1.54) is 17.5 Å². The van der Waals surface area contributed by atoms with Gasteiger partial charge >= 0.3 is 5.97 Å². The average Bonchev–Trinajstić information content (AvgIpc) is 2.81. The van der Waals surface area contributed by atoms with Crippen LogP contribution >= 0.6 is 0 Å². The first kappa shape index (κ1) is 24.0. The molecule has 4 nitrogen and oxygen atoms in total. The third-order valence-electron chi connectivity index (χ3n) is 6.45. The highest BCUT2D eigenvalue weighted by atomic mass is 28.4. The molecule has 1 aliphatic rings. The van der Waals surface area contributed by atoms with Crippen molar-refractivity contribution in [2.75, 3.05) is 13.7 Å². The van der Waals surface area contributed by atoms with Crippen molar-refractivity contribution in [1.82, 2.24) is 0 Å². The van der Waals surface area contributed by atoms with Crippen LogP contribution in [0.5, 0.6) is 0 Å². The SMILES string of the molecule is COC(=O)/C(=C\O)[C@@H]1CC=CC[C@@H]1CO[Si](c1ccccc1)(c1ccccc1)C(C)(C)C. The van der Waals surface area contributed by atoms with Crippen molar-refractivity contribution in [3.63, 3.8) is 0 Å². The van der Waals surface area contributed by atoms with Crippen LogP contribution in [-0.4, -0.2) is 33.1 Å². The van der Waals surface area contributed by atoms with Crippen LogP contribution in [0.25, 0.3) is 0 Å². The van der Waals surface area contributed by atoms with Gasteiger partial charge in [-0.3, -0.25) is 0 Å². The number of rotatable bonds is 7. The van der Waals surface area contributed by atoms with E-state index < -0.39 is 14.3 Å². The van der Waals surface area contributed by atoms with Crippen molar-refractivity contribution in [3.8, 4) is 0 Å². The summed E-state index contributed by atoms with van der Waals surface area (Å²) in [5.41, 5.74) is 0.313. The van der Waals surface area contributed by atoms with Crippen molar-refractivity contribution < 1.29 is 19.1 Å².